The number of nitrogens with zero attached hydrogens (tertiary/aromatic N) is 1. The molecule has 0 unspecified atom stereocenters. The first-order valence-electron chi connectivity index (χ1n) is 5.84. The number of hydrogen-bond donors (Lipinski definition) is 2. The highest BCUT2D eigenvalue weighted by Gasteiger charge is 2.17. The third kappa shape index (κ3) is 3.78. The molecule has 1 heterocycles. The quantitative estimate of drug-likeness (QED) is 0.785. The number of aryl methyl sites for hydroxylation is 1. The number of anilines is 1. The molecule has 0 atom stereocenters. The van der Waals surface area contributed by atoms with Crippen molar-refractivity contribution >= 4 is 43.0 Å². The van der Waals surface area contributed by atoms with Crippen molar-refractivity contribution in [1.82, 2.24) is 9.71 Å². The van der Waals surface area contributed by atoms with E-state index in [0.29, 0.717) is 10.9 Å². The van der Waals surface area contributed by atoms with Crippen LogP contribution in [0.1, 0.15) is 10.7 Å². The summed E-state index contributed by atoms with van der Waals surface area (Å²) in [6.45, 7) is 2.21. The Labute approximate surface area is 130 Å². The van der Waals surface area contributed by atoms with Crippen LogP contribution < -0.4 is 10.5 Å². The maximum absolute atomic E-state index is 12.2. The fourth-order valence-corrected chi connectivity index (χ4v) is 4.00. The second kappa shape index (κ2) is 6.21. The monoisotopic (exact) mass is 375 g/mol. The molecule has 2 rings (SSSR count). The van der Waals surface area contributed by atoms with Crippen molar-refractivity contribution in [2.24, 2.45) is 0 Å². The number of aromatic nitrogens is 1. The van der Waals surface area contributed by atoms with Gasteiger partial charge in [-0.3, -0.25) is 0 Å². The van der Waals surface area contributed by atoms with Crippen LogP contribution in [0.3, 0.4) is 0 Å². The molecule has 0 radical (unpaired) electrons. The summed E-state index contributed by atoms with van der Waals surface area (Å²) >= 11 is 4.79. The lowest BCUT2D eigenvalue weighted by atomic mass is 10.3. The van der Waals surface area contributed by atoms with Gasteiger partial charge in [-0.2, -0.15) is 0 Å². The van der Waals surface area contributed by atoms with Crippen molar-refractivity contribution in [2.45, 2.75) is 18.2 Å². The molecule has 2 aromatic rings. The summed E-state index contributed by atoms with van der Waals surface area (Å²) in [4.78, 5) is 4.37. The minimum Gasteiger partial charge on any atom is -0.398 e. The number of rotatable bonds is 5. The summed E-state index contributed by atoms with van der Waals surface area (Å²) in [5, 5.41) is 2.90. The molecule has 0 aliphatic heterocycles. The maximum atomic E-state index is 12.2. The average Bonchev–Trinajstić information content (AvgIpc) is 2.78. The van der Waals surface area contributed by atoms with Crippen LogP contribution in [0, 0.1) is 6.92 Å². The lowest BCUT2D eigenvalue weighted by molar-refractivity contribution is 0.581. The summed E-state index contributed by atoms with van der Waals surface area (Å²) in [5.41, 5.74) is 6.82. The molecule has 108 valence electrons. The Morgan fingerprint density at radius 2 is 2.20 bits per heavy atom. The van der Waals surface area contributed by atoms with Crippen molar-refractivity contribution in [1.29, 1.82) is 0 Å². The second-order valence-corrected chi connectivity index (χ2v) is 7.90. The molecule has 0 saturated heterocycles. The topological polar surface area (TPSA) is 85.1 Å². The van der Waals surface area contributed by atoms with Gasteiger partial charge < -0.3 is 5.73 Å². The Morgan fingerprint density at radius 1 is 1.45 bits per heavy atom. The highest BCUT2D eigenvalue weighted by molar-refractivity contribution is 9.10. The third-order valence-electron chi connectivity index (χ3n) is 2.60. The molecular formula is C12H14BrN3O2S2. The molecule has 0 aliphatic carbocycles. The predicted molar refractivity (Wildman–Crippen MR) is 84.3 cm³/mol. The molecule has 1 aromatic carbocycles. The van der Waals surface area contributed by atoms with Gasteiger partial charge in [-0.05, 0) is 25.1 Å². The minimum absolute atomic E-state index is 0.0846. The van der Waals surface area contributed by atoms with Gasteiger partial charge in [0, 0.05) is 22.8 Å². The van der Waals surface area contributed by atoms with Gasteiger partial charge in [0.25, 0.3) is 0 Å². The van der Waals surface area contributed by atoms with E-state index in [0.717, 1.165) is 10.7 Å². The molecule has 0 bridgehead atoms. The maximum Gasteiger partial charge on any atom is 0.242 e. The van der Waals surface area contributed by atoms with Crippen LogP contribution >= 0.6 is 27.3 Å². The van der Waals surface area contributed by atoms with Gasteiger partial charge in [-0.1, -0.05) is 15.9 Å². The summed E-state index contributed by atoms with van der Waals surface area (Å²) in [6, 6.07) is 4.75. The normalized spacial score (nSPS) is 11.7. The molecule has 20 heavy (non-hydrogen) atoms. The van der Waals surface area contributed by atoms with Crippen molar-refractivity contribution in [3.05, 3.63) is 38.8 Å². The Balaban J connectivity index is 2.06. The number of nitrogens with one attached hydrogen (secondary N) is 1. The molecular weight excluding hydrogens is 362 g/mol. The summed E-state index contributed by atoms with van der Waals surface area (Å²) in [5.74, 6) is 0. The first kappa shape index (κ1) is 15.4. The number of hydrogen-bond acceptors (Lipinski definition) is 5. The Kier molecular flexibility index (Phi) is 4.79. The highest BCUT2D eigenvalue weighted by atomic mass is 79.9. The molecule has 0 amide bonds. The molecule has 0 aliphatic rings. The third-order valence-corrected chi connectivity index (χ3v) is 5.44. The SMILES string of the molecule is Cc1nc(CCNS(=O)(=O)c2cc(Br)ccc2N)cs1. The lowest BCUT2D eigenvalue weighted by Gasteiger charge is -2.09. The van der Waals surface area contributed by atoms with E-state index in [1.165, 1.54) is 6.07 Å². The van der Waals surface area contributed by atoms with Crippen LogP contribution in [0.25, 0.3) is 0 Å². The van der Waals surface area contributed by atoms with E-state index < -0.39 is 10.0 Å². The summed E-state index contributed by atoms with van der Waals surface area (Å²) < 4.78 is 27.5. The van der Waals surface area contributed by atoms with E-state index in [9.17, 15) is 8.42 Å². The molecule has 3 N–H and O–H groups in total. The Bertz CT molecular complexity index is 713. The fraction of sp³-hybridized carbons (Fsp3) is 0.250. The highest BCUT2D eigenvalue weighted by Crippen LogP contribution is 2.22. The zero-order chi connectivity index (χ0) is 14.8. The standard InChI is InChI=1S/C12H14BrN3O2S2/c1-8-16-10(7-19-8)4-5-15-20(17,18)12-6-9(13)2-3-11(12)14/h2-3,6-7,15H,4-5,14H2,1H3. The van der Waals surface area contributed by atoms with E-state index in [2.05, 4.69) is 25.6 Å². The Hall–Kier alpha value is -0.960. The molecule has 8 heteroatoms. The molecule has 1 aromatic heterocycles. The van der Waals surface area contributed by atoms with Crippen molar-refractivity contribution in [2.75, 3.05) is 12.3 Å². The van der Waals surface area contributed by atoms with E-state index in [-0.39, 0.29) is 17.1 Å². The molecule has 5 nitrogen and oxygen atoms in total. The van der Waals surface area contributed by atoms with E-state index in [1.807, 2.05) is 12.3 Å². The zero-order valence-corrected chi connectivity index (χ0v) is 14.0. The van der Waals surface area contributed by atoms with Crippen LogP contribution in [0.5, 0.6) is 0 Å². The van der Waals surface area contributed by atoms with Crippen LogP contribution in [0.15, 0.2) is 32.9 Å². The molecule has 0 spiro atoms. The van der Waals surface area contributed by atoms with Crippen molar-refractivity contribution < 1.29 is 8.42 Å². The number of sulfonamides is 1. The summed E-state index contributed by atoms with van der Waals surface area (Å²) in [7, 11) is -3.61. The number of thiazole rings is 1. The zero-order valence-electron chi connectivity index (χ0n) is 10.8. The van der Waals surface area contributed by atoms with Crippen LogP contribution in [0.4, 0.5) is 5.69 Å². The second-order valence-electron chi connectivity index (χ2n) is 4.19. The van der Waals surface area contributed by atoms with E-state index in [4.69, 9.17) is 5.73 Å². The molecule has 0 fully saturated rings. The van der Waals surface area contributed by atoms with Gasteiger partial charge in [0.1, 0.15) is 4.90 Å². The first-order chi connectivity index (χ1) is 9.38. The first-order valence-corrected chi connectivity index (χ1v) is 9.00. The number of benzene rings is 1. The predicted octanol–water partition coefficient (Wildman–Crippen LogP) is 2.32. The van der Waals surface area contributed by atoms with Crippen LogP contribution in [-0.4, -0.2) is 19.9 Å². The van der Waals surface area contributed by atoms with Crippen LogP contribution in [-0.2, 0) is 16.4 Å². The van der Waals surface area contributed by atoms with Gasteiger partial charge in [0.15, 0.2) is 0 Å². The molecule has 0 saturated carbocycles. The minimum atomic E-state index is -3.61. The van der Waals surface area contributed by atoms with E-state index >= 15 is 0 Å². The average molecular weight is 376 g/mol. The lowest BCUT2D eigenvalue weighted by Crippen LogP contribution is -2.26. The largest absolute Gasteiger partial charge is 0.398 e. The fourth-order valence-electron chi connectivity index (χ4n) is 1.66. The Morgan fingerprint density at radius 3 is 2.85 bits per heavy atom. The van der Waals surface area contributed by atoms with Crippen molar-refractivity contribution in [3.8, 4) is 0 Å². The van der Waals surface area contributed by atoms with Crippen LogP contribution in [0.2, 0.25) is 0 Å². The van der Waals surface area contributed by atoms with Gasteiger partial charge in [-0.25, -0.2) is 18.1 Å². The van der Waals surface area contributed by atoms with E-state index in [1.54, 1.807) is 23.5 Å². The summed E-state index contributed by atoms with van der Waals surface area (Å²) in [6.07, 6.45) is 0.553. The van der Waals surface area contributed by atoms with Gasteiger partial charge in [-0.15, -0.1) is 11.3 Å². The van der Waals surface area contributed by atoms with Gasteiger partial charge in [0.2, 0.25) is 10.0 Å². The smallest absolute Gasteiger partial charge is 0.242 e. The van der Waals surface area contributed by atoms with Crippen molar-refractivity contribution in [3.63, 3.8) is 0 Å². The number of nitrogen functional groups attached to an aromatic ring is 1. The van der Waals surface area contributed by atoms with Gasteiger partial charge >= 0.3 is 0 Å². The number of halogens is 1. The number of nitrogens with two attached hydrogens (primary N) is 1. The van der Waals surface area contributed by atoms with Gasteiger partial charge in [0.05, 0.1) is 16.4 Å².